The lowest BCUT2D eigenvalue weighted by Gasteiger charge is -2.20. The third-order valence-corrected chi connectivity index (χ3v) is 3.69. The third kappa shape index (κ3) is 2.26. The van der Waals surface area contributed by atoms with Crippen molar-refractivity contribution in [1.82, 2.24) is 9.78 Å². The minimum atomic E-state index is -0.547. The van der Waals surface area contributed by atoms with E-state index in [1.54, 1.807) is 26.2 Å². The van der Waals surface area contributed by atoms with Gasteiger partial charge in [0, 0.05) is 18.8 Å². The van der Waals surface area contributed by atoms with Gasteiger partial charge in [0.1, 0.15) is 5.76 Å². The minimum absolute atomic E-state index is 0.00861. The Morgan fingerprint density at radius 1 is 1.52 bits per heavy atom. The van der Waals surface area contributed by atoms with Crippen LogP contribution in [-0.2, 0) is 11.2 Å². The number of aromatic nitrogens is 2. The predicted molar refractivity (Wildman–Crippen MR) is 73.5 cm³/mol. The normalized spacial score (nSPS) is 17.6. The van der Waals surface area contributed by atoms with Crippen LogP contribution in [0.15, 0.2) is 22.8 Å². The molecule has 0 aliphatic heterocycles. The number of fused-ring (bicyclic) bond motifs is 1. The summed E-state index contributed by atoms with van der Waals surface area (Å²) in [5, 5.41) is 4.17. The highest BCUT2D eigenvalue weighted by Crippen LogP contribution is 2.34. The molecule has 0 saturated carbocycles. The Hall–Kier alpha value is -2.37. The minimum Gasteiger partial charge on any atom is -0.469 e. The lowest BCUT2D eigenvalue weighted by molar-refractivity contribution is 0.0958. The van der Waals surface area contributed by atoms with Gasteiger partial charge < -0.3 is 9.15 Å². The van der Waals surface area contributed by atoms with Gasteiger partial charge in [0.05, 0.1) is 29.8 Å². The second-order valence-electron chi connectivity index (χ2n) is 5.06. The summed E-state index contributed by atoms with van der Waals surface area (Å²) < 4.78 is 11.6. The van der Waals surface area contributed by atoms with Gasteiger partial charge in [0.15, 0.2) is 5.78 Å². The third-order valence-electron chi connectivity index (χ3n) is 3.69. The molecule has 0 fully saturated rings. The van der Waals surface area contributed by atoms with E-state index in [1.807, 2.05) is 6.07 Å². The summed E-state index contributed by atoms with van der Waals surface area (Å²) in [5.41, 5.74) is 1.73. The molecule has 0 unspecified atom stereocenters. The lowest BCUT2D eigenvalue weighted by atomic mass is 9.84. The molecule has 0 spiro atoms. The van der Waals surface area contributed by atoms with Crippen LogP contribution in [0.2, 0.25) is 0 Å². The number of furan rings is 1. The number of Topliss-reactive ketones (excluding diaryl/α,β-unsaturated/α-hetero) is 1. The molecular weight excluding hydrogens is 272 g/mol. The number of ketones is 1. The molecule has 0 saturated heterocycles. The van der Waals surface area contributed by atoms with Gasteiger partial charge in [0.25, 0.3) is 0 Å². The van der Waals surface area contributed by atoms with Crippen molar-refractivity contribution in [3.63, 3.8) is 0 Å². The van der Waals surface area contributed by atoms with E-state index in [4.69, 9.17) is 9.15 Å². The zero-order valence-electron chi connectivity index (χ0n) is 12.0. The van der Waals surface area contributed by atoms with E-state index in [9.17, 15) is 9.59 Å². The van der Waals surface area contributed by atoms with Crippen LogP contribution < -0.4 is 0 Å². The molecule has 21 heavy (non-hydrogen) atoms. The number of carbonyl (C=O) groups is 2. The Morgan fingerprint density at radius 2 is 2.33 bits per heavy atom. The second kappa shape index (κ2) is 5.20. The summed E-state index contributed by atoms with van der Waals surface area (Å²) in [7, 11) is 0. The van der Waals surface area contributed by atoms with Gasteiger partial charge in [-0.15, -0.1) is 0 Å². The molecule has 2 aromatic rings. The molecule has 2 aromatic heterocycles. The highest BCUT2D eigenvalue weighted by molar-refractivity contribution is 6.00. The molecule has 110 valence electrons. The lowest BCUT2D eigenvalue weighted by Crippen LogP contribution is -2.24. The first kappa shape index (κ1) is 13.6. The fraction of sp³-hybridized carbons (Fsp3) is 0.400. The van der Waals surface area contributed by atoms with Crippen LogP contribution in [0.4, 0.5) is 4.79 Å². The zero-order valence-corrected chi connectivity index (χ0v) is 12.0. The van der Waals surface area contributed by atoms with Crippen molar-refractivity contribution < 1.29 is 18.7 Å². The SMILES string of the molecule is CCOC(=O)n1nc(C)c2c1C[C@@H](c1ccco1)CC2=O. The highest BCUT2D eigenvalue weighted by atomic mass is 16.5. The van der Waals surface area contributed by atoms with Crippen LogP contribution in [0.5, 0.6) is 0 Å². The van der Waals surface area contributed by atoms with E-state index < -0.39 is 6.09 Å². The summed E-state index contributed by atoms with van der Waals surface area (Å²) in [5.74, 6) is 0.679. The van der Waals surface area contributed by atoms with Crippen LogP contribution >= 0.6 is 0 Å². The fourth-order valence-electron chi connectivity index (χ4n) is 2.82. The smallest absolute Gasteiger partial charge is 0.434 e. The number of carbonyl (C=O) groups excluding carboxylic acids is 2. The van der Waals surface area contributed by atoms with Crippen molar-refractivity contribution in [3.8, 4) is 0 Å². The molecule has 1 aliphatic carbocycles. The first-order valence-corrected chi connectivity index (χ1v) is 6.94. The van der Waals surface area contributed by atoms with Gasteiger partial charge in [-0.05, 0) is 26.0 Å². The monoisotopic (exact) mass is 288 g/mol. The van der Waals surface area contributed by atoms with Gasteiger partial charge in [-0.3, -0.25) is 4.79 Å². The molecule has 6 nitrogen and oxygen atoms in total. The molecule has 2 heterocycles. The summed E-state index contributed by atoms with van der Waals surface area (Å²) in [6.45, 7) is 3.74. The largest absolute Gasteiger partial charge is 0.469 e. The van der Waals surface area contributed by atoms with Gasteiger partial charge in [0.2, 0.25) is 0 Å². The van der Waals surface area contributed by atoms with Crippen LogP contribution in [0.25, 0.3) is 0 Å². The van der Waals surface area contributed by atoms with Crippen molar-refractivity contribution >= 4 is 11.9 Å². The Balaban J connectivity index is 2.01. The number of nitrogens with zero attached hydrogens (tertiary/aromatic N) is 2. The fourth-order valence-corrected chi connectivity index (χ4v) is 2.82. The molecule has 0 aromatic carbocycles. The molecule has 0 amide bonds. The molecule has 0 radical (unpaired) electrons. The second-order valence-corrected chi connectivity index (χ2v) is 5.06. The molecule has 0 bridgehead atoms. The molecule has 0 N–H and O–H groups in total. The summed E-state index contributed by atoms with van der Waals surface area (Å²) in [6.07, 6.45) is 1.95. The maximum atomic E-state index is 12.4. The number of hydrogen-bond donors (Lipinski definition) is 0. The van der Waals surface area contributed by atoms with Crippen LogP contribution in [-0.4, -0.2) is 28.3 Å². The van der Waals surface area contributed by atoms with E-state index in [2.05, 4.69) is 5.10 Å². The van der Waals surface area contributed by atoms with Crippen LogP contribution in [0, 0.1) is 6.92 Å². The number of hydrogen-bond acceptors (Lipinski definition) is 5. The predicted octanol–water partition coefficient (Wildman–Crippen LogP) is 2.70. The maximum Gasteiger partial charge on any atom is 0.434 e. The molecule has 1 atom stereocenters. The van der Waals surface area contributed by atoms with E-state index >= 15 is 0 Å². The summed E-state index contributed by atoms with van der Waals surface area (Å²) in [6, 6.07) is 3.64. The maximum absolute atomic E-state index is 12.4. The van der Waals surface area contributed by atoms with E-state index in [-0.39, 0.29) is 18.3 Å². The number of rotatable bonds is 2. The van der Waals surface area contributed by atoms with Gasteiger partial charge in [-0.1, -0.05) is 0 Å². The Kier molecular flexibility index (Phi) is 3.37. The van der Waals surface area contributed by atoms with Crippen molar-refractivity contribution in [2.75, 3.05) is 6.61 Å². The summed E-state index contributed by atoms with van der Waals surface area (Å²) >= 11 is 0. The average Bonchev–Trinajstić information content (AvgIpc) is 3.07. The Morgan fingerprint density at radius 3 is 3.00 bits per heavy atom. The first-order chi connectivity index (χ1) is 10.1. The topological polar surface area (TPSA) is 74.3 Å². The van der Waals surface area contributed by atoms with Gasteiger partial charge in [-0.2, -0.15) is 9.78 Å². The zero-order chi connectivity index (χ0) is 15.0. The number of ether oxygens (including phenoxy) is 1. The first-order valence-electron chi connectivity index (χ1n) is 6.94. The number of aryl methyl sites for hydroxylation is 1. The quantitative estimate of drug-likeness (QED) is 0.849. The molecule has 6 heteroatoms. The van der Waals surface area contributed by atoms with Crippen molar-refractivity contribution in [2.45, 2.75) is 32.6 Å². The van der Waals surface area contributed by atoms with Gasteiger partial charge >= 0.3 is 6.09 Å². The Bertz CT molecular complexity index is 685. The van der Waals surface area contributed by atoms with Crippen LogP contribution in [0.3, 0.4) is 0 Å². The molecule has 1 aliphatic rings. The summed E-state index contributed by atoms with van der Waals surface area (Å²) in [4.78, 5) is 24.3. The molecular formula is C15H16N2O4. The van der Waals surface area contributed by atoms with Crippen molar-refractivity contribution in [1.29, 1.82) is 0 Å². The average molecular weight is 288 g/mol. The van der Waals surface area contributed by atoms with Gasteiger partial charge in [-0.25, -0.2) is 4.79 Å². The molecule has 3 rings (SSSR count). The van der Waals surface area contributed by atoms with E-state index in [1.165, 1.54) is 4.68 Å². The highest BCUT2D eigenvalue weighted by Gasteiger charge is 2.34. The van der Waals surface area contributed by atoms with Crippen molar-refractivity contribution in [2.24, 2.45) is 0 Å². The standard InChI is InChI=1S/C15H16N2O4/c1-3-20-15(19)17-11-7-10(13-5-4-6-21-13)8-12(18)14(11)9(2)16-17/h4-6,10H,3,7-8H2,1-2H3/t10-/m1/s1. The van der Waals surface area contributed by atoms with E-state index in [0.29, 0.717) is 29.8 Å². The Labute approximate surface area is 121 Å². The van der Waals surface area contributed by atoms with E-state index in [0.717, 1.165) is 5.76 Å². The van der Waals surface area contributed by atoms with Crippen molar-refractivity contribution in [3.05, 3.63) is 41.1 Å². The van der Waals surface area contributed by atoms with Crippen LogP contribution in [0.1, 0.15) is 46.8 Å².